The van der Waals surface area contributed by atoms with Crippen molar-refractivity contribution in [3.63, 3.8) is 0 Å². The highest BCUT2D eigenvalue weighted by molar-refractivity contribution is 6.12. The third-order valence-electron chi connectivity index (χ3n) is 4.08. The number of fused-ring (bicyclic) bond motifs is 2. The van der Waals surface area contributed by atoms with Gasteiger partial charge in [0.25, 0.3) is 0 Å². The minimum absolute atomic E-state index is 0.0315. The Morgan fingerprint density at radius 2 is 1.64 bits per heavy atom. The molecule has 0 saturated heterocycles. The van der Waals surface area contributed by atoms with Crippen molar-refractivity contribution in [2.45, 2.75) is 31.8 Å². The van der Waals surface area contributed by atoms with Crippen LogP contribution in [0.2, 0.25) is 0 Å². The molecule has 0 aliphatic carbocycles. The molecule has 0 aromatic heterocycles. The molecule has 0 bridgehead atoms. The molecule has 2 aromatic carbocycles. The Hall–Kier alpha value is -2.13. The van der Waals surface area contributed by atoms with E-state index in [9.17, 15) is 4.79 Å². The molecule has 22 heavy (non-hydrogen) atoms. The predicted molar refractivity (Wildman–Crippen MR) is 85.2 cm³/mol. The predicted octanol–water partition coefficient (Wildman–Crippen LogP) is 3.90. The van der Waals surface area contributed by atoms with Crippen molar-refractivity contribution in [1.82, 2.24) is 0 Å². The normalized spacial score (nSPS) is 16.4. The molecule has 3 heteroatoms. The van der Waals surface area contributed by atoms with E-state index in [1.54, 1.807) is 0 Å². The van der Waals surface area contributed by atoms with E-state index in [2.05, 4.69) is 0 Å². The van der Waals surface area contributed by atoms with Gasteiger partial charge in [-0.15, -0.1) is 0 Å². The van der Waals surface area contributed by atoms with Crippen molar-refractivity contribution in [2.75, 3.05) is 6.61 Å². The first-order chi connectivity index (χ1) is 10.8. The second-order valence-corrected chi connectivity index (χ2v) is 5.59. The second-order valence-electron chi connectivity index (χ2n) is 5.59. The molecule has 114 valence electrons. The van der Waals surface area contributed by atoms with Crippen LogP contribution in [-0.4, -0.2) is 17.5 Å². The molecule has 3 nitrogen and oxygen atoms in total. The van der Waals surface area contributed by atoms with Gasteiger partial charge in [-0.2, -0.15) is 0 Å². The zero-order valence-corrected chi connectivity index (χ0v) is 12.5. The number of rotatable bonds is 5. The van der Waals surface area contributed by atoms with E-state index in [0.29, 0.717) is 11.3 Å². The van der Waals surface area contributed by atoms with Crippen LogP contribution in [0.1, 0.15) is 53.3 Å². The molecule has 1 aliphatic heterocycles. The summed E-state index contributed by atoms with van der Waals surface area (Å²) in [4.78, 5) is 12.7. The summed E-state index contributed by atoms with van der Waals surface area (Å²) in [6.45, 7) is 0.226. The average Bonchev–Trinajstić information content (AvgIpc) is 2.68. The molecule has 1 aliphatic rings. The highest BCUT2D eigenvalue weighted by Crippen LogP contribution is 2.36. The number of hydrogen-bond donors (Lipinski definition) is 1. The number of para-hydroxylation sites is 1. The minimum atomic E-state index is -0.109. The van der Waals surface area contributed by atoms with Gasteiger partial charge in [-0.25, -0.2) is 0 Å². The van der Waals surface area contributed by atoms with E-state index < -0.39 is 0 Å². The Morgan fingerprint density at radius 3 is 2.45 bits per heavy atom. The lowest BCUT2D eigenvalue weighted by Crippen LogP contribution is -2.09. The molecule has 3 rings (SSSR count). The van der Waals surface area contributed by atoms with Crippen LogP contribution in [0.25, 0.3) is 0 Å². The SMILES string of the molecule is O=C1c2ccccc2OC(CCCCCO)c2ccccc21. The van der Waals surface area contributed by atoms with Gasteiger partial charge in [0.1, 0.15) is 11.9 Å². The van der Waals surface area contributed by atoms with E-state index >= 15 is 0 Å². The molecule has 0 spiro atoms. The summed E-state index contributed by atoms with van der Waals surface area (Å²) in [6.07, 6.45) is 3.48. The van der Waals surface area contributed by atoms with E-state index in [-0.39, 0.29) is 18.5 Å². The number of ketones is 1. The molecule has 1 atom stereocenters. The number of carbonyl (C=O) groups is 1. The quantitative estimate of drug-likeness (QED) is 0.851. The summed E-state index contributed by atoms with van der Waals surface area (Å²) in [6, 6.07) is 15.1. The third kappa shape index (κ3) is 2.90. The van der Waals surface area contributed by atoms with Gasteiger partial charge < -0.3 is 9.84 Å². The van der Waals surface area contributed by atoms with Gasteiger partial charge >= 0.3 is 0 Å². The number of aliphatic hydroxyl groups is 1. The molecule has 1 unspecified atom stereocenters. The molecule has 2 aromatic rings. The van der Waals surface area contributed by atoms with Crippen molar-refractivity contribution < 1.29 is 14.6 Å². The van der Waals surface area contributed by atoms with Crippen LogP contribution in [-0.2, 0) is 0 Å². The summed E-state index contributed by atoms with van der Waals surface area (Å²) in [5.41, 5.74) is 2.33. The Kier molecular flexibility index (Phi) is 4.54. The number of ether oxygens (including phenoxy) is 1. The van der Waals surface area contributed by atoms with Gasteiger partial charge in [0, 0.05) is 17.7 Å². The van der Waals surface area contributed by atoms with Crippen LogP contribution in [0.4, 0.5) is 0 Å². The van der Waals surface area contributed by atoms with Crippen LogP contribution in [0.15, 0.2) is 48.5 Å². The molecule has 0 amide bonds. The molecule has 1 N–H and O–H groups in total. The highest BCUT2D eigenvalue weighted by Gasteiger charge is 2.27. The topological polar surface area (TPSA) is 46.5 Å². The molecule has 0 radical (unpaired) electrons. The van der Waals surface area contributed by atoms with Gasteiger partial charge in [-0.1, -0.05) is 42.8 Å². The molecule has 0 saturated carbocycles. The largest absolute Gasteiger partial charge is 0.485 e. The Morgan fingerprint density at radius 1 is 0.909 bits per heavy atom. The van der Waals surface area contributed by atoms with Crippen LogP contribution in [0.5, 0.6) is 5.75 Å². The number of benzene rings is 2. The summed E-state index contributed by atoms with van der Waals surface area (Å²) in [5, 5.41) is 8.89. The summed E-state index contributed by atoms with van der Waals surface area (Å²) >= 11 is 0. The van der Waals surface area contributed by atoms with E-state index in [1.165, 1.54) is 0 Å². The minimum Gasteiger partial charge on any atom is -0.485 e. The van der Waals surface area contributed by atoms with E-state index in [1.807, 2.05) is 48.5 Å². The van der Waals surface area contributed by atoms with Gasteiger partial charge in [0.2, 0.25) is 0 Å². The van der Waals surface area contributed by atoms with Crippen molar-refractivity contribution >= 4 is 5.78 Å². The Balaban J connectivity index is 1.93. The lowest BCUT2D eigenvalue weighted by Gasteiger charge is -2.19. The van der Waals surface area contributed by atoms with Crippen LogP contribution >= 0.6 is 0 Å². The Bertz CT molecular complexity index is 663. The van der Waals surface area contributed by atoms with Crippen molar-refractivity contribution in [2.24, 2.45) is 0 Å². The smallest absolute Gasteiger partial charge is 0.197 e. The zero-order valence-electron chi connectivity index (χ0n) is 12.5. The Labute approximate surface area is 130 Å². The maximum absolute atomic E-state index is 12.7. The monoisotopic (exact) mass is 296 g/mol. The van der Waals surface area contributed by atoms with Gasteiger partial charge in [0.05, 0.1) is 5.56 Å². The highest BCUT2D eigenvalue weighted by atomic mass is 16.5. The van der Waals surface area contributed by atoms with Crippen molar-refractivity contribution in [3.8, 4) is 5.75 Å². The van der Waals surface area contributed by atoms with Gasteiger partial charge in [-0.05, 0) is 31.4 Å². The van der Waals surface area contributed by atoms with Crippen molar-refractivity contribution in [1.29, 1.82) is 0 Å². The first-order valence-electron chi connectivity index (χ1n) is 7.81. The fourth-order valence-electron chi connectivity index (χ4n) is 2.94. The number of unbranched alkanes of at least 4 members (excludes halogenated alkanes) is 2. The second kappa shape index (κ2) is 6.75. The zero-order chi connectivity index (χ0) is 15.4. The number of hydrogen-bond acceptors (Lipinski definition) is 3. The van der Waals surface area contributed by atoms with Crippen LogP contribution in [0.3, 0.4) is 0 Å². The standard InChI is InChI=1S/C19H20O3/c20-13-7-1-2-11-17-14-8-3-4-9-15(14)19(21)16-10-5-6-12-18(16)22-17/h3-6,8-10,12,17,20H,1-2,7,11,13H2. The summed E-state index contributed by atoms with van der Waals surface area (Å²) in [5.74, 6) is 0.694. The fraction of sp³-hybridized carbons (Fsp3) is 0.316. The average molecular weight is 296 g/mol. The third-order valence-corrected chi connectivity index (χ3v) is 4.08. The lowest BCUT2D eigenvalue weighted by atomic mass is 9.94. The maximum atomic E-state index is 12.7. The lowest BCUT2D eigenvalue weighted by molar-refractivity contribution is 0.103. The van der Waals surface area contributed by atoms with Gasteiger partial charge in [-0.3, -0.25) is 4.79 Å². The number of carbonyl (C=O) groups excluding carboxylic acids is 1. The van der Waals surface area contributed by atoms with Gasteiger partial charge in [0.15, 0.2) is 5.78 Å². The van der Waals surface area contributed by atoms with E-state index in [4.69, 9.17) is 9.84 Å². The molecular formula is C19H20O3. The summed E-state index contributed by atoms with van der Waals surface area (Å²) < 4.78 is 6.15. The maximum Gasteiger partial charge on any atom is 0.197 e. The summed E-state index contributed by atoms with van der Waals surface area (Å²) in [7, 11) is 0. The molecule has 1 heterocycles. The van der Waals surface area contributed by atoms with Crippen LogP contribution in [0, 0.1) is 0 Å². The number of aliphatic hydroxyl groups excluding tert-OH is 1. The fourth-order valence-corrected chi connectivity index (χ4v) is 2.94. The molecular weight excluding hydrogens is 276 g/mol. The first-order valence-corrected chi connectivity index (χ1v) is 7.81. The molecule has 0 fully saturated rings. The first kappa shape index (κ1) is 14.8. The van der Waals surface area contributed by atoms with Crippen LogP contribution < -0.4 is 4.74 Å². The van der Waals surface area contributed by atoms with Crippen molar-refractivity contribution in [3.05, 3.63) is 65.2 Å². The van der Waals surface area contributed by atoms with E-state index in [0.717, 1.165) is 36.8 Å².